The molecule has 1 N–H and O–H groups in total. The van der Waals surface area contributed by atoms with Crippen molar-refractivity contribution in [3.05, 3.63) is 26.1 Å². The highest BCUT2D eigenvalue weighted by molar-refractivity contribution is 9.11. The molecule has 1 atom stereocenters. The van der Waals surface area contributed by atoms with Gasteiger partial charge in [-0.1, -0.05) is 0 Å². The van der Waals surface area contributed by atoms with Crippen LogP contribution in [0.3, 0.4) is 0 Å². The molecule has 3 heterocycles. The molecule has 2 aliphatic heterocycles. The molecule has 0 spiro atoms. The van der Waals surface area contributed by atoms with Crippen LogP contribution in [0.4, 0.5) is 10.1 Å². The summed E-state index contributed by atoms with van der Waals surface area (Å²) in [5.41, 5.74) is 2.35. The van der Waals surface area contributed by atoms with Gasteiger partial charge in [0.2, 0.25) is 0 Å². The number of ether oxygens (including phenoxy) is 1. The molecule has 1 aromatic heterocycles. The molecular formula is C12H12BrFN2O2S. The fraction of sp³-hybridized carbons (Fsp3) is 0.417. The third kappa shape index (κ3) is 2.19. The van der Waals surface area contributed by atoms with Crippen molar-refractivity contribution in [2.24, 2.45) is 0 Å². The summed E-state index contributed by atoms with van der Waals surface area (Å²) >= 11 is 4.78. The van der Waals surface area contributed by atoms with Gasteiger partial charge in [0.05, 0.1) is 28.3 Å². The van der Waals surface area contributed by atoms with Crippen LogP contribution in [0.2, 0.25) is 0 Å². The lowest BCUT2D eigenvalue weighted by molar-refractivity contribution is 0.0962. The van der Waals surface area contributed by atoms with E-state index in [1.54, 1.807) is 13.3 Å². The van der Waals surface area contributed by atoms with Gasteiger partial charge in [0.25, 0.3) is 5.91 Å². The second kappa shape index (κ2) is 4.88. The number of carbonyl (C=O) groups is 1. The summed E-state index contributed by atoms with van der Waals surface area (Å²) in [6.07, 6.45) is 1.19. The zero-order valence-corrected chi connectivity index (χ0v) is 12.6. The van der Waals surface area contributed by atoms with Crippen LogP contribution in [0, 0.1) is 0 Å². The van der Waals surface area contributed by atoms with Crippen molar-refractivity contribution in [2.75, 3.05) is 25.2 Å². The van der Waals surface area contributed by atoms with Gasteiger partial charge in [-0.05, 0) is 15.9 Å². The third-order valence-electron chi connectivity index (χ3n) is 3.13. The minimum absolute atomic E-state index is 0.157. The molecule has 19 heavy (non-hydrogen) atoms. The number of anilines is 1. The van der Waals surface area contributed by atoms with Gasteiger partial charge < -0.3 is 15.0 Å². The first-order valence-corrected chi connectivity index (χ1v) is 7.44. The van der Waals surface area contributed by atoms with E-state index in [-0.39, 0.29) is 12.5 Å². The summed E-state index contributed by atoms with van der Waals surface area (Å²) in [5, 5.41) is 2.81. The van der Waals surface area contributed by atoms with Crippen molar-refractivity contribution in [1.29, 1.82) is 0 Å². The molecule has 2 aliphatic rings. The molecule has 0 saturated heterocycles. The van der Waals surface area contributed by atoms with Crippen LogP contribution in [0.25, 0.3) is 0 Å². The molecule has 1 unspecified atom stereocenters. The normalized spacial score (nSPS) is 21.6. The highest BCUT2D eigenvalue weighted by atomic mass is 79.9. The predicted octanol–water partition coefficient (Wildman–Crippen LogP) is 2.44. The van der Waals surface area contributed by atoms with E-state index in [1.165, 1.54) is 11.3 Å². The number of methoxy groups -OCH3 is 1. The predicted molar refractivity (Wildman–Crippen MR) is 75.4 cm³/mol. The van der Waals surface area contributed by atoms with E-state index in [1.807, 2.05) is 4.90 Å². The Morgan fingerprint density at radius 1 is 1.68 bits per heavy atom. The Morgan fingerprint density at radius 2 is 2.47 bits per heavy atom. The summed E-state index contributed by atoms with van der Waals surface area (Å²) in [6.45, 7) is 0.565. The standard InChI is InChI=1S/C12H12BrFN2O2S/c1-18-5-7-4-16-3-6(14)2-8-9(16)10(12(17)15-7)19-11(8)13/h4,6H,2-3,5H2,1H3,(H,15,17). The average molecular weight is 347 g/mol. The van der Waals surface area contributed by atoms with E-state index in [0.717, 1.165) is 15.0 Å². The molecule has 3 rings (SSSR count). The fourth-order valence-electron chi connectivity index (χ4n) is 2.42. The quantitative estimate of drug-likeness (QED) is 0.894. The Bertz CT molecular complexity index is 572. The first kappa shape index (κ1) is 13.1. The minimum atomic E-state index is -0.931. The molecule has 0 aliphatic carbocycles. The van der Waals surface area contributed by atoms with E-state index >= 15 is 0 Å². The van der Waals surface area contributed by atoms with Gasteiger partial charge in [-0.25, -0.2) is 4.39 Å². The lowest BCUT2D eigenvalue weighted by atomic mass is 10.0. The molecule has 0 aromatic carbocycles. The van der Waals surface area contributed by atoms with Crippen molar-refractivity contribution < 1.29 is 13.9 Å². The zero-order valence-electron chi connectivity index (χ0n) is 10.2. The summed E-state index contributed by atoms with van der Waals surface area (Å²) in [4.78, 5) is 14.6. The molecule has 7 heteroatoms. The molecule has 1 amide bonds. The molecular weight excluding hydrogens is 335 g/mol. The number of nitrogens with one attached hydrogen (secondary N) is 1. The monoisotopic (exact) mass is 346 g/mol. The smallest absolute Gasteiger partial charge is 0.267 e. The largest absolute Gasteiger partial charge is 0.378 e. The van der Waals surface area contributed by atoms with Crippen molar-refractivity contribution in [2.45, 2.75) is 12.6 Å². The topological polar surface area (TPSA) is 41.6 Å². The Labute approximate surface area is 122 Å². The highest BCUT2D eigenvalue weighted by Gasteiger charge is 2.34. The number of hydrogen-bond acceptors (Lipinski definition) is 4. The van der Waals surface area contributed by atoms with Crippen molar-refractivity contribution >= 4 is 38.9 Å². The van der Waals surface area contributed by atoms with Crippen molar-refractivity contribution in [3.8, 4) is 0 Å². The summed E-state index contributed by atoms with van der Waals surface area (Å²) in [6, 6.07) is 0. The number of halogens is 2. The van der Waals surface area contributed by atoms with Crippen LogP contribution in [0.5, 0.6) is 0 Å². The van der Waals surface area contributed by atoms with Crippen molar-refractivity contribution in [1.82, 2.24) is 5.32 Å². The van der Waals surface area contributed by atoms with Crippen LogP contribution < -0.4 is 10.2 Å². The van der Waals surface area contributed by atoms with Crippen LogP contribution in [0.15, 0.2) is 15.7 Å². The van der Waals surface area contributed by atoms with Crippen LogP contribution in [-0.4, -0.2) is 32.3 Å². The van der Waals surface area contributed by atoms with Gasteiger partial charge in [-0.3, -0.25) is 4.79 Å². The van der Waals surface area contributed by atoms with Gasteiger partial charge in [-0.2, -0.15) is 0 Å². The number of carbonyl (C=O) groups excluding carboxylic acids is 1. The van der Waals surface area contributed by atoms with Crippen molar-refractivity contribution in [3.63, 3.8) is 0 Å². The molecule has 102 valence electrons. The highest BCUT2D eigenvalue weighted by Crippen LogP contribution is 2.44. The number of hydrogen-bond donors (Lipinski definition) is 1. The molecule has 0 radical (unpaired) electrons. The molecule has 0 bridgehead atoms. The second-order valence-electron chi connectivity index (χ2n) is 4.53. The Kier molecular flexibility index (Phi) is 3.36. The number of alkyl halides is 1. The third-order valence-corrected chi connectivity index (χ3v) is 5.10. The van der Waals surface area contributed by atoms with Gasteiger partial charge >= 0.3 is 0 Å². The SMILES string of the molecule is COCC1=CN2CC(F)Cc3c(Br)sc(c32)C(=O)N1. The summed E-state index contributed by atoms with van der Waals surface area (Å²) in [5.74, 6) is -0.157. The van der Waals surface area contributed by atoms with Gasteiger partial charge in [0.1, 0.15) is 11.0 Å². The lowest BCUT2D eigenvalue weighted by Gasteiger charge is -2.28. The van der Waals surface area contributed by atoms with Gasteiger partial charge in [-0.15, -0.1) is 11.3 Å². The average Bonchev–Trinajstić information content (AvgIpc) is 2.60. The first-order valence-electron chi connectivity index (χ1n) is 5.83. The van der Waals surface area contributed by atoms with E-state index in [2.05, 4.69) is 21.2 Å². The fourth-order valence-corrected chi connectivity index (χ4v) is 4.22. The number of amides is 1. The van der Waals surface area contributed by atoms with E-state index in [4.69, 9.17) is 4.74 Å². The van der Waals surface area contributed by atoms with E-state index < -0.39 is 6.17 Å². The molecule has 0 fully saturated rings. The number of rotatable bonds is 2. The number of nitrogens with zero attached hydrogens (tertiary/aromatic N) is 1. The Morgan fingerprint density at radius 3 is 3.21 bits per heavy atom. The minimum Gasteiger partial charge on any atom is -0.378 e. The maximum absolute atomic E-state index is 13.8. The van der Waals surface area contributed by atoms with Crippen LogP contribution >= 0.6 is 27.3 Å². The van der Waals surface area contributed by atoms with E-state index in [9.17, 15) is 9.18 Å². The van der Waals surface area contributed by atoms with Crippen LogP contribution in [0.1, 0.15) is 15.2 Å². The summed E-state index contributed by atoms with van der Waals surface area (Å²) < 4.78 is 19.7. The summed E-state index contributed by atoms with van der Waals surface area (Å²) in [7, 11) is 1.56. The molecule has 4 nitrogen and oxygen atoms in total. The maximum atomic E-state index is 13.8. The van der Waals surface area contributed by atoms with Gasteiger partial charge in [0.15, 0.2) is 0 Å². The maximum Gasteiger partial charge on any atom is 0.267 e. The Hall–Kier alpha value is -0.920. The molecule has 0 saturated carbocycles. The zero-order chi connectivity index (χ0) is 13.6. The second-order valence-corrected chi connectivity index (χ2v) is 6.87. The first-order chi connectivity index (χ1) is 9.10. The molecule has 1 aromatic rings. The number of thiophene rings is 1. The van der Waals surface area contributed by atoms with Crippen LogP contribution in [-0.2, 0) is 11.2 Å². The Balaban J connectivity index is 2.12. The van der Waals surface area contributed by atoms with Gasteiger partial charge in [0, 0.05) is 25.3 Å². The lowest BCUT2D eigenvalue weighted by Crippen LogP contribution is -2.32. The van der Waals surface area contributed by atoms with E-state index in [0.29, 0.717) is 23.6 Å².